The van der Waals surface area contributed by atoms with Crippen molar-refractivity contribution in [1.29, 1.82) is 0 Å². The van der Waals surface area contributed by atoms with E-state index in [1.54, 1.807) is 6.08 Å². The summed E-state index contributed by atoms with van der Waals surface area (Å²) in [6.45, 7) is 0.147. The molecule has 0 unspecified atom stereocenters. The largest absolute Gasteiger partial charge is 0.326 e. The highest BCUT2D eigenvalue weighted by atomic mass is 32.2. The van der Waals surface area contributed by atoms with Crippen molar-refractivity contribution >= 4 is 57.6 Å². The van der Waals surface area contributed by atoms with Crippen LogP contribution >= 0.6 is 24.0 Å². The number of anilines is 1. The van der Waals surface area contributed by atoms with Crippen LogP contribution in [-0.2, 0) is 9.59 Å². The quantitative estimate of drug-likeness (QED) is 0.204. The van der Waals surface area contributed by atoms with Crippen molar-refractivity contribution < 1.29 is 14.5 Å². The zero-order valence-corrected chi connectivity index (χ0v) is 19.5. The Morgan fingerprint density at radius 1 is 1.00 bits per heavy atom. The van der Waals surface area contributed by atoms with E-state index >= 15 is 0 Å². The highest BCUT2D eigenvalue weighted by Crippen LogP contribution is 2.33. The Kier molecular flexibility index (Phi) is 7.15. The van der Waals surface area contributed by atoms with Crippen molar-refractivity contribution in [3.8, 4) is 11.1 Å². The van der Waals surface area contributed by atoms with Gasteiger partial charge >= 0.3 is 0 Å². The van der Waals surface area contributed by atoms with Gasteiger partial charge in [0.2, 0.25) is 5.91 Å². The van der Waals surface area contributed by atoms with E-state index in [4.69, 9.17) is 12.2 Å². The molecule has 0 radical (unpaired) electrons. The highest BCUT2D eigenvalue weighted by Gasteiger charge is 2.32. The Morgan fingerprint density at radius 3 is 2.29 bits per heavy atom. The summed E-state index contributed by atoms with van der Waals surface area (Å²) in [5.41, 5.74) is 3.48. The van der Waals surface area contributed by atoms with Crippen molar-refractivity contribution in [3.05, 3.63) is 99.4 Å². The zero-order chi connectivity index (χ0) is 24.1. The van der Waals surface area contributed by atoms with Gasteiger partial charge in [0.25, 0.3) is 11.6 Å². The van der Waals surface area contributed by atoms with Gasteiger partial charge in [-0.05, 0) is 34.9 Å². The Hall–Kier alpha value is -3.82. The molecule has 1 saturated heterocycles. The first-order chi connectivity index (χ1) is 16.4. The first kappa shape index (κ1) is 23.3. The van der Waals surface area contributed by atoms with Gasteiger partial charge in [0.05, 0.1) is 9.83 Å². The van der Waals surface area contributed by atoms with Crippen LogP contribution in [0.3, 0.4) is 0 Å². The summed E-state index contributed by atoms with van der Waals surface area (Å²) in [4.78, 5) is 37.2. The van der Waals surface area contributed by atoms with E-state index < -0.39 is 4.92 Å². The van der Waals surface area contributed by atoms with Gasteiger partial charge in [0, 0.05) is 30.8 Å². The minimum atomic E-state index is -0.508. The molecule has 7 nitrogen and oxygen atoms in total. The van der Waals surface area contributed by atoms with Crippen LogP contribution in [0.15, 0.2) is 83.8 Å². The molecule has 4 rings (SSSR count). The second-order valence-corrected chi connectivity index (χ2v) is 9.10. The van der Waals surface area contributed by atoms with Crippen LogP contribution in [0.1, 0.15) is 12.0 Å². The SMILES string of the molecule is O=C(CCN1C(=O)/C(=C/c2ccc(-c3ccccc3)cc2)SC1=S)Nc1ccc([N+](=O)[O-])cc1. The van der Waals surface area contributed by atoms with E-state index in [0.29, 0.717) is 14.9 Å². The number of rotatable bonds is 7. The molecule has 0 saturated carbocycles. The maximum atomic E-state index is 12.8. The molecule has 0 aromatic heterocycles. The number of nitro groups is 1. The molecule has 1 aliphatic heterocycles. The van der Waals surface area contributed by atoms with Gasteiger partial charge in [-0.1, -0.05) is 78.6 Å². The fourth-order valence-electron chi connectivity index (χ4n) is 3.35. The topological polar surface area (TPSA) is 92.6 Å². The van der Waals surface area contributed by atoms with Crippen LogP contribution in [0.2, 0.25) is 0 Å². The number of hydrogen-bond acceptors (Lipinski definition) is 6. The predicted octanol–water partition coefficient (Wildman–Crippen LogP) is 5.49. The maximum absolute atomic E-state index is 12.8. The van der Waals surface area contributed by atoms with Gasteiger partial charge in [-0.15, -0.1) is 0 Å². The summed E-state index contributed by atoms with van der Waals surface area (Å²) in [7, 11) is 0. The molecule has 0 atom stereocenters. The Labute approximate surface area is 205 Å². The average molecular weight is 490 g/mol. The monoisotopic (exact) mass is 489 g/mol. The number of nitrogens with zero attached hydrogens (tertiary/aromatic N) is 2. The standard InChI is InChI=1S/C25H19N3O4S2/c29-23(26-20-10-12-21(13-11-20)28(31)32)14-15-27-24(30)22(34-25(27)33)16-17-6-8-19(9-7-17)18-4-2-1-3-5-18/h1-13,16H,14-15H2,(H,26,29)/b22-16-. The fraction of sp³-hybridized carbons (Fsp3) is 0.0800. The van der Waals surface area contributed by atoms with E-state index in [9.17, 15) is 19.7 Å². The minimum absolute atomic E-state index is 0.0441. The predicted molar refractivity (Wildman–Crippen MR) is 138 cm³/mol. The van der Waals surface area contributed by atoms with Crippen LogP contribution in [0.5, 0.6) is 0 Å². The van der Waals surface area contributed by atoms with Gasteiger partial charge in [-0.2, -0.15) is 0 Å². The molecule has 0 aliphatic carbocycles. The number of carbonyl (C=O) groups is 2. The molecule has 170 valence electrons. The van der Waals surface area contributed by atoms with Crippen LogP contribution in [0.4, 0.5) is 11.4 Å². The summed E-state index contributed by atoms with van der Waals surface area (Å²) in [6, 6.07) is 23.5. The fourth-order valence-corrected chi connectivity index (χ4v) is 4.66. The Bertz CT molecular complexity index is 1270. The maximum Gasteiger partial charge on any atom is 0.269 e. The molecule has 1 heterocycles. The van der Waals surface area contributed by atoms with E-state index in [2.05, 4.69) is 5.32 Å². The summed E-state index contributed by atoms with van der Waals surface area (Å²) >= 11 is 6.56. The first-order valence-corrected chi connectivity index (χ1v) is 11.6. The minimum Gasteiger partial charge on any atom is -0.326 e. The lowest BCUT2D eigenvalue weighted by atomic mass is 10.0. The number of non-ortho nitro benzene ring substituents is 1. The summed E-state index contributed by atoms with van der Waals surface area (Å²) in [5.74, 6) is -0.548. The number of benzene rings is 3. The molecule has 2 amide bonds. The number of hydrogen-bond donors (Lipinski definition) is 1. The molecule has 1 fully saturated rings. The molecule has 0 bridgehead atoms. The molecule has 3 aromatic rings. The second kappa shape index (κ2) is 10.4. The van der Waals surface area contributed by atoms with Crippen molar-refractivity contribution in [3.63, 3.8) is 0 Å². The van der Waals surface area contributed by atoms with Crippen LogP contribution in [0, 0.1) is 10.1 Å². The first-order valence-electron chi connectivity index (χ1n) is 10.4. The number of thioether (sulfide) groups is 1. The molecule has 9 heteroatoms. The van der Waals surface area contributed by atoms with Crippen LogP contribution in [0.25, 0.3) is 17.2 Å². The van der Waals surface area contributed by atoms with Gasteiger partial charge < -0.3 is 5.32 Å². The molecule has 3 aromatic carbocycles. The number of nitro benzene ring substituents is 1. The molecular formula is C25H19N3O4S2. The summed E-state index contributed by atoms with van der Waals surface area (Å²) in [6.07, 6.45) is 1.84. The molecule has 0 spiro atoms. The second-order valence-electron chi connectivity index (χ2n) is 7.42. The number of thiocarbonyl (C=S) groups is 1. The number of amides is 2. The third-order valence-electron chi connectivity index (χ3n) is 5.11. The van der Waals surface area contributed by atoms with E-state index in [1.807, 2.05) is 54.6 Å². The molecule has 34 heavy (non-hydrogen) atoms. The molecular weight excluding hydrogens is 470 g/mol. The number of carbonyl (C=O) groups excluding carboxylic acids is 2. The highest BCUT2D eigenvalue weighted by molar-refractivity contribution is 8.26. The van der Waals surface area contributed by atoms with Gasteiger partial charge in [0.15, 0.2) is 0 Å². The van der Waals surface area contributed by atoms with Gasteiger partial charge in [-0.25, -0.2) is 0 Å². The summed E-state index contributed by atoms with van der Waals surface area (Å²) < 4.78 is 0.403. The molecule has 1 aliphatic rings. The van der Waals surface area contributed by atoms with E-state index in [0.717, 1.165) is 16.7 Å². The third-order valence-corrected chi connectivity index (χ3v) is 6.49. The van der Waals surface area contributed by atoms with Crippen LogP contribution in [-0.4, -0.2) is 32.5 Å². The smallest absolute Gasteiger partial charge is 0.269 e. The average Bonchev–Trinajstić information content (AvgIpc) is 3.11. The van der Waals surface area contributed by atoms with Crippen molar-refractivity contribution in [2.75, 3.05) is 11.9 Å². The van der Waals surface area contributed by atoms with Crippen molar-refractivity contribution in [2.24, 2.45) is 0 Å². The number of nitrogens with one attached hydrogen (secondary N) is 1. The Balaban J connectivity index is 1.35. The zero-order valence-electron chi connectivity index (χ0n) is 17.8. The normalized spacial score (nSPS) is 14.5. The van der Waals surface area contributed by atoms with E-state index in [1.165, 1.54) is 40.9 Å². The lowest BCUT2D eigenvalue weighted by Crippen LogP contribution is -2.31. The molecule has 1 N–H and O–H groups in total. The Morgan fingerprint density at radius 2 is 1.65 bits per heavy atom. The van der Waals surface area contributed by atoms with Crippen molar-refractivity contribution in [2.45, 2.75) is 6.42 Å². The van der Waals surface area contributed by atoms with Gasteiger partial charge in [0.1, 0.15) is 4.32 Å². The summed E-state index contributed by atoms with van der Waals surface area (Å²) in [5, 5.41) is 13.4. The van der Waals surface area contributed by atoms with Gasteiger partial charge in [-0.3, -0.25) is 24.6 Å². The third kappa shape index (κ3) is 5.56. The van der Waals surface area contributed by atoms with E-state index in [-0.39, 0.29) is 30.5 Å². The lowest BCUT2D eigenvalue weighted by molar-refractivity contribution is -0.384. The van der Waals surface area contributed by atoms with Crippen LogP contribution < -0.4 is 5.32 Å². The van der Waals surface area contributed by atoms with Crippen molar-refractivity contribution in [1.82, 2.24) is 4.90 Å². The lowest BCUT2D eigenvalue weighted by Gasteiger charge is -2.14.